The van der Waals surface area contributed by atoms with Crippen LogP contribution in [-0.2, 0) is 4.79 Å². The minimum Gasteiger partial charge on any atom is -0.376 e. The summed E-state index contributed by atoms with van der Waals surface area (Å²) < 4.78 is 1.18. The molecule has 1 heterocycles. The van der Waals surface area contributed by atoms with Crippen molar-refractivity contribution in [2.75, 3.05) is 11.9 Å². The smallest absolute Gasteiger partial charge is 0.259 e. The van der Waals surface area contributed by atoms with Gasteiger partial charge in [-0.15, -0.1) is 11.3 Å². The van der Waals surface area contributed by atoms with E-state index in [4.69, 9.17) is 0 Å². The van der Waals surface area contributed by atoms with Crippen molar-refractivity contribution in [3.05, 3.63) is 49.7 Å². The summed E-state index contributed by atoms with van der Waals surface area (Å²) in [5.41, 5.74) is 4.57. The normalized spacial score (nSPS) is 10.7. The quantitative estimate of drug-likeness (QED) is 0.461. The van der Waals surface area contributed by atoms with Crippen LogP contribution in [-0.4, -0.2) is 18.7 Å². The van der Waals surface area contributed by atoms with E-state index in [0.29, 0.717) is 0 Å². The Balaban J connectivity index is 1.80. The third-order valence-electron chi connectivity index (χ3n) is 2.55. The van der Waals surface area contributed by atoms with Gasteiger partial charge in [-0.25, -0.2) is 5.43 Å². The second kappa shape index (κ2) is 7.39. The first-order valence-corrected chi connectivity index (χ1v) is 7.96. The van der Waals surface area contributed by atoms with Crippen LogP contribution in [0.25, 0.3) is 0 Å². The predicted molar refractivity (Wildman–Crippen MR) is 92.4 cm³/mol. The molecule has 1 aromatic carbocycles. The van der Waals surface area contributed by atoms with E-state index in [0.717, 1.165) is 16.1 Å². The summed E-state index contributed by atoms with van der Waals surface area (Å²) in [6.07, 6.45) is 1.64. The van der Waals surface area contributed by atoms with Crippen molar-refractivity contribution in [2.24, 2.45) is 5.10 Å². The van der Waals surface area contributed by atoms with Crippen LogP contribution in [0.1, 0.15) is 10.4 Å². The van der Waals surface area contributed by atoms with Crippen LogP contribution in [0.3, 0.4) is 0 Å². The zero-order valence-electron chi connectivity index (χ0n) is 10.9. The fourth-order valence-electron chi connectivity index (χ4n) is 1.57. The van der Waals surface area contributed by atoms with E-state index >= 15 is 0 Å². The van der Waals surface area contributed by atoms with E-state index in [1.165, 1.54) is 3.57 Å². The molecule has 0 fully saturated rings. The highest BCUT2D eigenvalue weighted by Crippen LogP contribution is 2.17. The highest BCUT2D eigenvalue weighted by molar-refractivity contribution is 14.1. The Morgan fingerprint density at radius 1 is 1.45 bits per heavy atom. The number of carbonyl (C=O) groups excluding carboxylic acids is 1. The van der Waals surface area contributed by atoms with Crippen molar-refractivity contribution in [3.63, 3.8) is 0 Å². The summed E-state index contributed by atoms with van der Waals surface area (Å²) in [6.45, 7) is 2.21. The molecule has 1 aromatic heterocycles. The molecule has 0 radical (unpaired) electrons. The second-order valence-electron chi connectivity index (χ2n) is 4.12. The van der Waals surface area contributed by atoms with Crippen molar-refractivity contribution in [1.29, 1.82) is 0 Å². The van der Waals surface area contributed by atoms with Gasteiger partial charge in [-0.05, 0) is 64.7 Å². The lowest BCUT2D eigenvalue weighted by molar-refractivity contribution is -0.119. The van der Waals surface area contributed by atoms with Gasteiger partial charge in [0.25, 0.3) is 5.91 Å². The Morgan fingerprint density at radius 3 is 3.00 bits per heavy atom. The Morgan fingerprint density at radius 2 is 2.30 bits per heavy atom. The number of carbonyl (C=O) groups is 1. The third kappa shape index (κ3) is 4.61. The molecule has 0 aliphatic rings. The lowest BCUT2D eigenvalue weighted by atomic mass is 10.2. The molecule has 0 bridgehead atoms. The molecule has 0 atom stereocenters. The van der Waals surface area contributed by atoms with Gasteiger partial charge in [0.1, 0.15) is 0 Å². The standard InChI is InChI=1S/C14H14IN3OS/c1-10-7-11(15)4-5-13(10)16-9-14(19)18-17-8-12-3-2-6-20-12/h2-8,16H,9H2,1H3,(H,18,19). The highest BCUT2D eigenvalue weighted by Gasteiger charge is 2.02. The molecule has 2 N–H and O–H groups in total. The molecule has 4 nitrogen and oxygen atoms in total. The second-order valence-corrected chi connectivity index (χ2v) is 6.35. The maximum absolute atomic E-state index is 11.6. The maximum atomic E-state index is 11.6. The SMILES string of the molecule is Cc1cc(I)ccc1NCC(=O)NN=Cc1cccs1. The van der Waals surface area contributed by atoms with Crippen LogP contribution in [0, 0.1) is 10.5 Å². The third-order valence-corrected chi connectivity index (χ3v) is 4.03. The van der Waals surface area contributed by atoms with Gasteiger partial charge in [0, 0.05) is 14.1 Å². The van der Waals surface area contributed by atoms with Crippen molar-refractivity contribution < 1.29 is 4.79 Å². The predicted octanol–water partition coefficient (Wildman–Crippen LogP) is 3.22. The molecule has 2 aromatic rings. The number of aryl methyl sites for hydroxylation is 1. The Hall–Kier alpha value is -1.41. The van der Waals surface area contributed by atoms with Gasteiger partial charge in [0.05, 0.1) is 12.8 Å². The molecular weight excluding hydrogens is 385 g/mol. The fourth-order valence-corrected chi connectivity index (χ4v) is 2.80. The summed E-state index contributed by atoms with van der Waals surface area (Å²) in [5, 5.41) is 8.97. The van der Waals surface area contributed by atoms with Gasteiger partial charge in [0.15, 0.2) is 0 Å². The lowest BCUT2D eigenvalue weighted by Gasteiger charge is -2.08. The fraction of sp³-hybridized carbons (Fsp3) is 0.143. The number of hydrogen-bond acceptors (Lipinski definition) is 4. The van der Waals surface area contributed by atoms with E-state index in [1.54, 1.807) is 17.6 Å². The summed E-state index contributed by atoms with van der Waals surface area (Å²) in [7, 11) is 0. The first kappa shape index (κ1) is 15.0. The molecule has 1 amide bonds. The van der Waals surface area contributed by atoms with Gasteiger partial charge in [-0.3, -0.25) is 4.79 Å². The van der Waals surface area contributed by atoms with Crippen LogP contribution in [0.15, 0.2) is 40.8 Å². The zero-order valence-corrected chi connectivity index (χ0v) is 13.9. The average molecular weight is 399 g/mol. The summed E-state index contributed by atoms with van der Waals surface area (Å²) in [5.74, 6) is -0.171. The molecule has 0 aliphatic heterocycles. The first-order valence-electron chi connectivity index (χ1n) is 6.00. The van der Waals surface area contributed by atoms with Crippen LogP contribution >= 0.6 is 33.9 Å². The molecule has 0 unspecified atom stereocenters. The average Bonchev–Trinajstić information content (AvgIpc) is 2.91. The number of amides is 1. The molecule has 0 saturated carbocycles. The van der Waals surface area contributed by atoms with Crippen molar-refractivity contribution in [3.8, 4) is 0 Å². The zero-order chi connectivity index (χ0) is 14.4. The number of thiophene rings is 1. The van der Waals surface area contributed by atoms with Gasteiger partial charge in [0.2, 0.25) is 0 Å². The topological polar surface area (TPSA) is 53.5 Å². The monoisotopic (exact) mass is 399 g/mol. The van der Waals surface area contributed by atoms with E-state index in [-0.39, 0.29) is 12.5 Å². The number of rotatable bonds is 5. The van der Waals surface area contributed by atoms with E-state index in [1.807, 2.05) is 36.6 Å². The molecule has 0 spiro atoms. The van der Waals surface area contributed by atoms with E-state index < -0.39 is 0 Å². The lowest BCUT2D eigenvalue weighted by Crippen LogP contribution is -2.26. The minimum atomic E-state index is -0.171. The van der Waals surface area contributed by atoms with E-state index in [2.05, 4.69) is 44.5 Å². The van der Waals surface area contributed by atoms with Gasteiger partial charge >= 0.3 is 0 Å². The molecular formula is C14H14IN3OS. The summed E-state index contributed by atoms with van der Waals surface area (Å²) in [6, 6.07) is 9.92. The largest absolute Gasteiger partial charge is 0.376 e. The molecule has 0 saturated heterocycles. The molecule has 20 heavy (non-hydrogen) atoms. The highest BCUT2D eigenvalue weighted by atomic mass is 127. The van der Waals surface area contributed by atoms with Crippen molar-refractivity contribution in [2.45, 2.75) is 6.92 Å². The number of halogens is 1. The minimum absolute atomic E-state index is 0.171. The number of nitrogens with zero attached hydrogens (tertiary/aromatic N) is 1. The molecule has 0 aliphatic carbocycles. The van der Waals surface area contributed by atoms with Crippen molar-refractivity contribution >= 4 is 51.7 Å². The van der Waals surface area contributed by atoms with Crippen molar-refractivity contribution in [1.82, 2.24) is 5.43 Å². The number of hydrazone groups is 1. The van der Waals surface area contributed by atoms with Gasteiger partial charge in [-0.1, -0.05) is 6.07 Å². The molecule has 104 valence electrons. The number of anilines is 1. The number of hydrogen-bond donors (Lipinski definition) is 2. The maximum Gasteiger partial charge on any atom is 0.259 e. The first-order chi connectivity index (χ1) is 9.65. The summed E-state index contributed by atoms with van der Waals surface area (Å²) >= 11 is 3.83. The number of nitrogens with one attached hydrogen (secondary N) is 2. The van der Waals surface area contributed by atoms with E-state index in [9.17, 15) is 4.79 Å². The molecule has 6 heteroatoms. The number of benzene rings is 1. The van der Waals surface area contributed by atoms with Crippen LogP contribution in [0.5, 0.6) is 0 Å². The van der Waals surface area contributed by atoms with Crippen LogP contribution in [0.4, 0.5) is 5.69 Å². The molecule has 2 rings (SSSR count). The Bertz CT molecular complexity index is 611. The summed E-state index contributed by atoms with van der Waals surface area (Å²) in [4.78, 5) is 12.6. The van der Waals surface area contributed by atoms with Gasteiger partial charge in [-0.2, -0.15) is 5.10 Å². The van der Waals surface area contributed by atoms with Crippen LogP contribution < -0.4 is 10.7 Å². The Kier molecular flexibility index (Phi) is 5.54. The Labute approximate surface area is 135 Å². The van der Waals surface area contributed by atoms with Gasteiger partial charge < -0.3 is 5.32 Å². The van der Waals surface area contributed by atoms with Crippen LogP contribution in [0.2, 0.25) is 0 Å².